The second-order valence-electron chi connectivity index (χ2n) is 4.72. The van der Waals surface area contributed by atoms with E-state index >= 15 is 0 Å². The van der Waals surface area contributed by atoms with Gasteiger partial charge in [-0.3, -0.25) is 9.63 Å². The molecule has 0 spiro atoms. The summed E-state index contributed by atoms with van der Waals surface area (Å²) in [6.45, 7) is 5.42. The van der Waals surface area contributed by atoms with Crippen molar-refractivity contribution in [1.82, 2.24) is 5.48 Å². The number of anilines is 1. The van der Waals surface area contributed by atoms with E-state index in [2.05, 4.69) is 27.2 Å². The number of nitrogens with two attached hydrogens (primary N) is 1. The summed E-state index contributed by atoms with van der Waals surface area (Å²) in [6, 6.07) is 2.75. The zero-order valence-corrected chi connectivity index (χ0v) is 14.7. The third-order valence-electron chi connectivity index (χ3n) is 3.13. The highest BCUT2D eigenvalue weighted by Crippen LogP contribution is 2.31. The van der Waals surface area contributed by atoms with Gasteiger partial charge in [0.1, 0.15) is 5.69 Å². The minimum absolute atomic E-state index is 0.0177. The van der Waals surface area contributed by atoms with Gasteiger partial charge in [-0.15, -0.1) is 11.6 Å². The molecule has 0 aliphatic heterocycles. The maximum absolute atomic E-state index is 14.8. The normalized spacial score (nSPS) is 12.3. The van der Waals surface area contributed by atoms with Crippen LogP contribution in [0, 0.1) is 5.82 Å². The molecule has 1 aromatic rings. The summed E-state index contributed by atoms with van der Waals surface area (Å²) in [5, 5.41) is 2.90. The summed E-state index contributed by atoms with van der Waals surface area (Å²) < 4.78 is 14.8. The molecule has 0 saturated heterocycles. The van der Waals surface area contributed by atoms with Crippen molar-refractivity contribution in [3.8, 4) is 0 Å². The summed E-state index contributed by atoms with van der Waals surface area (Å²) in [5.41, 5.74) is 8.60. The number of nitrogens with zero attached hydrogens (tertiary/aromatic N) is 1. The van der Waals surface area contributed by atoms with Gasteiger partial charge in [-0.05, 0) is 30.7 Å². The van der Waals surface area contributed by atoms with E-state index in [9.17, 15) is 9.18 Å². The molecular formula is C17H20ClFN4O2. The summed E-state index contributed by atoms with van der Waals surface area (Å²) in [7, 11) is 1.28. The van der Waals surface area contributed by atoms with Gasteiger partial charge in [0.2, 0.25) is 0 Å². The van der Waals surface area contributed by atoms with Crippen molar-refractivity contribution in [3.63, 3.8) is 0 Å². The molecule has 1 rings (SSSR count). The standard InChI is InChI=1S/C17H20ClFN4O2/c1-4-5-13(11(2)8-9-18)22-16-12(17(24)23-25-3)6-7-14(15(16)19)21-10-20/h4-8,10,22H,1,9H2,2-3H3,(H2,20,21)(H,23,24)/b11-8-,13-5+. The van der Waals surface area contributed by atoms with Crippen LogP contribution < -0.4 is 16.5 Å². The van der Waals surface area contributed by atoms with E-state index in [-0.39, 0.29) is 22.8 Å². The first-order valence-corrected chi connectivity index (χ1v) is 7.76. The van der Waals surface area contributed by atoms with E-state index in [4.69, 9.17) is 17.3 Å². The second kappa shape index (κ2) is 10.3. The molecule has 0 unspecified atom stereocenters. The van der Waals surface area contributed by atoms with Crippen molar-refractivity contribution >= 4 is 35.2 Å². The zero-order valence-electron chi connectivity index (χ0n) is 14.0. The molecular weight excluding hydrogens is 347 g/mol. The summed E-state index contributed by atoms with van der Waals surface area (Å²) in [4.78, 5) is 20.5. The highest BCUT2D eigenvalue weighted by molar-refractivity contribution is 6.19. The van der Waals surface area contributed by atoms with Crippen molar-refractivity contribution in [3.05, 3.63) is 59.6 Å². The van der Waals surface area contributed by atoms with Crippen molar-refractivity contribution < 1.29 is 14.0 Å². The van der Waals surface area contributed by atoms with Gasteiger partial charge < -0.3 is 11.1 Å². The highest BCUT2D eigenvalue weighted by atomic mass is 35.5. The first-order chi connectivity index (χ1) is 12.0. The number of hydroxylamine groups is 1. The minimum Gasteiger partial charge on any atom is -0.390 e. The second-order valence-corrected chi connectivity index (χ2v) is 5.03. The number of nitrogens with one attached hydrogen (secondary N) is 2. The third-order valence-corrected chi connectivity index (χ3v) is 3.28. The number of hydrogen-bond donors (Lipinski definition) is 3. The molecule has 0 radical (unpaired) electrons. The number of hydrogen-bond acceptors (Lipinski definition) is 4. The topological polar surface area (TPSA) is 88.7 Å². The van der Waals surface area contributed by atoms with E-state index in [1.165, 1.54) is 25.3 Å². The SMILES string of the molecule is C=C/C=C(Nc1c(C(=O)NOC)ccc(N=CN)c1F)\C(C)=C/CCl. The fourth-order valence-corrected chi connectivity index (χ4v) is 2.19. The van der Waals surface area contributed by atoms with Crippen LogP contribution in [0.25, 0.3) is 0 Å². The Morgan fingerprint density at radius 1 is 1.52 bits per heavy atom. The van der Waals surface area contributed by atoms with E-state index in [1.807, 2.05) is 0 Å². The van der Waals surface area contributed by atoms with Crippen LogP contribution in [0.4, 0.5) is 15.8 Å². The van der Waals surface area contributed by atoms with Crippen molar-refractivity contribution in [2.24, 2.45) is 10.7 Å². The first kappa shape index (κ1) is 20.4. The average Bonchev–Trinajstić information content (AvgIpc) is 2.58. The van der Waals surface area contributed by atoms with Crippen LogP contribution in [0.1, 0.15) is 17.3 Å². The van der Waals surface area contributed by atoms with Gasteiger partial charge in [0.25, 0.3) is 5.91 Å². The molecule has 0 heterocycles. The molecule has 0 saturated carbocycles. The molecule has 8 heteroatoms. The molecule has 4 N–H and O–H groups in total. The molecule has 0 aliphatic carbocycles. The van der Waals surface area contributed by atoms with E-state index in [0.717, 1.165) is 11.9 Å². The van der Waals surface area contributed by atoms with Crippen LogP contribution in [-0.2, 0) is 4.84 Å². The lowest BCUT2D eigenvalue weighted by atomic mass is 10.1. The molecule has 1 aromatic carbocycles. The number of amides is 1. The molecule has 6 nitrogen and oxygen atoms in total. The molecule has 25 heavy (non-hydrogen) atoms. The maximum atomic E-state index is 14.8. The first-order valence-electron chi connectivity index (χ1n) is 7.23. The molecule has 134 valence electrons. The van der Waals surface area contributed by atoms with Crippen LogP contribution in [-0.4, -0.2) is 25.2 Å². The van der Waals surface area contributed by atoms with Gasteiger partial charge in [-0.2, -0.15) is 0 Å². The van der Waals surface area contributed by atoms with Gasteiger partial charge in [0.05, 0.1) is 24.7 Å². The number of alkyl halides is 1. The van der Waals surface area contributed by atoms with Gasteiger partial charge in [-0.1, -0.05) is 18.7 Å². The fraction of sp³-hybridized carbons (Fsp3) is 0.176. The number of benzene rings is 1. The summed E-state index contributed by atoms with van der Waals surface area (Å²) in [6.07, 6.45) is 5.87. The largest absolute Gasteiger partial charge is 0.390 e. The Morgan fingerprint density at radius 3 is 2.80 bits per heavy atom. The predicted molar refractivity (Wildman–Crippen MR) is 99.6 cm³/mol. The van der Waals surface area contributed by atoms with Crippen LogP contribution in [0.2, 0.25) is 0 Å². The van der Waals surface area contributed by atoms with Crippen molar-refractivity contribution in [2.75, 3.05) is 18.3 Å². The summed E-state index contributed by atoms with van der Waals surface area (Å²) in [5.74, 6) is -1.08. The minimum atomic E-state index is -0.737. The Bertz CT molecular complexity index is 730. The Labute approximate surface area is 150 Å². The average molecular weight is 367 g/mol. The van der Waals surface area contributed by atoms with Crippen LogP contribution in [0.5, 0.6) is 0 Å². The molecule has 1 amide bonds. The molecule has 0 aromatic heterocycles. The van der Waals surface area contributed by atoms with Crippen molar-refractivity contribution in [2.45, 2.75) is 6.92 Å². The Hall–Kier alpha value is -2.64. The molecule has 0 aliphatic rings. The molecule has 0 atom stereocenters. The van der Waals surface area contributed by atoms with Gasteiger partial charge >= 0.3 is 0 Å². The summed E-state index contributed by atoms with van der Waals surface area (Å²) >= 11 is 5.72. The van der Waals surface area contributed by atoms with E-state index in [1.54, 1.807) is 19.1 Å². The number of carbonyl (C=O) groups is 1. The van der Waals surface area contributed by atoms with Crippen LogP contribution >= 0.6 is 11.6 Å². The quantitative estimate of drug-likeness (QED) is 0.216. The number of carbonyl (C=O) groups excluding carboxylic acids is 1. The number of rotatable bonds is 8. The maximum Gasteiger partial charge on any atom is 0.277 e. The number of halogens is 2. The Balaban J connectivity index is 3.49. The monoisotopic (exact) mass is 366 g/mol. The lowest BCUT2D eigenvalue weighted by Gasteiger charge is -2.16. The third kappa shape index (κ3) is 5.44. The highest BCUT2D eigenvalue weighted by Gasteiger charge is 2.19. The number of allylic oxidation sites excluding steroid dienone is 4. The van der Waals surface area contributed by atoms with E-state index < -0.39 is 11.7 Å². The van der Waals surface area contributed by atoms with Gasteiger partial charge in [-0.25, -0.2) is 14.9 Å². The smallest absolute Gasteiger partial charge is 0.277 e. The lowest BCUT2D eigenvalue weighted by molar-refractivity contribution is 0.0538. The molecule has 0 bridgehead atoms. The fourth-order valence-electron chi connectivity index (χ4n) is 1.95. The predicted octanol–water partition coefficient (Wildman–Crippen LogP) is 3.40. The Morgan fingerprint density at radius 2 is 2.24 bits per heavy atom. The molecule has 0 fully saturated rings. The van der Waals surface area contributed by atoms with Gasteiger partial charge in [0, 0.05) is 11.6 Å². The van der Waals surface area contributed by atoms with Crippen LogP contribution in [0.15, 0.2) is 53.2 Å². The van der Waals surface area contributed by atoms with E-state index in [0.29, 0.717) is 5.70 Å². The van der Waals surface area contributed by atoms with Gasteiger partial charge in [0.15, 0.2) is 5.82 Å². The van der Waals surface area contributed by atoms with Crippen molar-refractivity contribution in [1.29, 1.82) is 0 Å². The zero-order chi connectivity index (χ0) is 18.8. The van der Waals surface area contributed by atoms with Crippen LogP contribution in [0.3, 0.4) is 0 Å². The lowest BCUT2D eigenvalue weighted by Crippen LogP contribution is -2.23. The number of aliphatic imine (C=N–C) groups is 1. The Kier molecular flexibility index (Phi) is 8.38.